The normalized spacial score (nSPS) is 15.4. The summed E-state index contributed by atoms with van der Waals surface area (Å²) in [5.74, 6) is -3.09. The van der Waals surface area contributed by atoms with Crippen LogP contribution in [-0.2, 0) is 14.4 Å². The monoisotopic (exact) mass is 441 g/mol. The average Bonchev–Trinajstić information content (AvgIpc) is 3.04. The van der Waals surface area contributed by atoms with Gasteiger partial charge in [-0.1, -0.05) is 18.2 Å². The molecule has 0 bridgehead atoms. The molecule has 2 aromatic carbocycles. The van der Waals surface area contributed by atoms with Crippen molar-refractivity contribution in [3.8, 4) is 11.5 Å². The van der Waals surface area contributed by atoms with Crippen LogP contribution in [0.5, 0.6) is 11.5 Å². The molecule has 11 heteroatoms. The first-order chi connectivity index (χ1) is 15.2. The lowest BCUT2D eigenvalue weighted by Crippen LogP contribution is -2.35. The molecule has 166 valence electrons. The van der Waals surface area contributed by atoms with Gasteiger partial charge in [-0.3, -0.25) is 25.1 Å². The summed E-state index contributed by atoms with van der Waals surface area (Å²) in [7, 11) is 0. The number of para-hydroxylation sites is 1. The number of carbonyl (C=O) groups excluding carboxylic acids is 2. The van der Waals surface area contributed by atoms with Crippen LogP contribution in [0.3, 0.4) is 0 Å². The number of nitro groups is 1. The van der Waals surface area contributed by atoms with Crippen molar-refractivity contribution in [3.63, 3.8) is 0 Å². The largest absolute Gasteiger partial charge is 0.490 e. The highest BCUT2D eigenvalue weighted by Gasteiger charge is 2.35. The van der Waals surface area contributed by atoms with Gasteiger partial charge in [-0.25, -0.2) is 9.80 Å². The molecule has 11 nitrogen and oxygen atoms in total. The van der Waals surface area contributed by atoms with E-state index in [1.807, 2.05) is 0 Å². The molecule has 1 fully saturated rings. The fraction of sp³-hybridized carbons (Fsp3) is 0.190. The molecule has 0 unspecified atom stereocenters. The van der Waals surface area contributed by atoms with Gasteiger partial charge in [0.2, 0.25) is 5.75 Å². The number of rotatable bonds is 8. The molecule has 32 heavy (non-hydrogen) atoms. The minimum atomic E-state index is -1.38. The van der Waals surface area contributed by atoms with E-state index < -0.39 is 34.5 Å². The fourth-order valence-electron chi connectivity index (χ4n) is 2.92. The Morgan fingerprint density at radius 2 is 1.97 bits per heavy atom. The lowest BCUT2D eigenvalue weighted by Gasteiger charge is -2.15. The van der Waals surface area contributed by atoms with Crippen molar-refractivity contribution < 1.29 is 33.9 Å². The Labute approximate surface area is 182 Å². The Morgan fingerprint density at radius 1 is 1.28 bits per heavy atom. The van der Waals surface area contributed by atoms with Crippen LogP contribution < -0.4 is 19.9 Å². The predicted molar refractivity (Wildman–Crippen MR) is 112 cm³/mol. The van der Waals surface area contributed by atoms with Gasteiger partial charge in [-0.15, -0.1) is 0 Å². The van der Waals surface area contributed by atoms with E-state index in [1.54, 1.807) is 37.3 Å². The van der Waals surface area contributed by atoms with Crippen molar-refractivity contribution in [2.75, 3.05) is 11.6 Å². The van der Waals surface area contributed by atoms with Gasteiger partial charge in [0.25, 0.3) is 11.8 Å². The summed E-state index contributed by atoms with van der Waals surface area (Å²) in [5.41, 5.74) is 2.21. The maximum atomic E-state index is 12.8. The minimum absolute atomic E-state index is 0.0904. The number of carboxylic acids is 1. The molecular weight excluding hydrogens is 422 g/mol. The number of benzene rings is 2. The highest BCUT2D eigenvalue weighted by atomic mass is 16.6. The summed E-state index contributed by atoms with van der Waals surface area (Å²) in [6, 6.07) is 10.8. The maximum absolute atomic E-state index is 12.8. The quantitative estimate of drug-likeness (QED) is 0.274. The number of carboxylic acid groups (broad SMARTS) is 1. The zero-order valence-electron chi connectivity index (χ0n) is 17.1. The Bertz CT molecular complexity index is 1110. The molecule has 1 atom stereocenters. The lowest BCUT2D eigenvalue weighted by atomic mass is 10.1. The highest BCUT2D eigenvalue weighted by Crippen LogP contribution is 2.40. The highest BCUT2D eigenvalue weighted by molar-refractivity contribution is 6.31. The molecule has 0 radical (unpaired) electrons. The van der Waals surface area contributed by atoms with Crippen LogP contribution in [-0.4, -0.2) is 40.5 Å². The van der Waals surface area contributed by atoms with E-state index in [1.165, 1.54) is 19.1 Å². The van der Waals surface area contributed by atoms with E-state index >= 15 is 0 Å². The van der Waals surface area contributed by atoms with E-state index in [9.17, 15) is 24.5 Å². The molecule has 2 aromatic rings. The van der Waals surface area contributed by atoms with Crippen molar-refractivity contribution in [1.29, 1.82) is 0 Å². The molecule has 1 saturated heterocycles. The number of hydrogen-bond donors (Lipinski definition) is 2. The van der Waals surface area contributed by atoms with Gasteiger partial charge in [0.15, 0.2) is 11.9 Å². The molecule has 3 rings (SSSR count). The number of aliphatic carboxylic acids is 1. The van der Waals surface area contributed by atoms with Crippen LogP contribution in [0.25, 0.3) is 6.08 Å². The van der Waals surface area contributed by atoms with Crippen molar-refractivity contribution in [1.82, 2.24) is 5.43 Å². The predicted octanol–water partition coefficient (Wildman–Crippen LogP) is 2.31. The number of nitro benzene ring substituents is 1. The van der Waals surface area contributed by atoms with Crippen molar-refractivity contribution >= 4 is 35.2 Å². The number of carbonyl (C=O) groups is 3. The van der Waals surface area contributed by atoms with Crippen LogP contribution in [0, 0.1) is 10.1 Å². The molecule has 0 saturated carbocycles. The van der Waals surface area contributed by atoms with Crippen LogP contribution in [0.4, 0.5) is 11.4 Å². The SMILES string of the molecule is CCOc1cc(/C=C2/C(=O)NN(c3ccccc3)C2=O)cc([N+](=O)[O-])c1O[C@H](C)C(=O)O. The smallest absolute Gasteiger partial charge is 0.344 e. The van der Waals surface area contributed by atoms with E-state index in [2.05, 4.69) is 5.43 Å². The molecule has 1 heterocycles. The summed E-state index contributed by atoms with van der Waals surface area (Å²) in [5, 5.41) is 21.8. The van der Waals surface area contributed by atoms with E-state index in [4.69, 9.17) is 14.6 Å². The summed E-state index contributed by atoms with van der Waals surface area (Å²) < 4.78 is 10.7. The summed E-state index contributed by atoms with van der Waals surface area (Å²) in [6.07, 6.45) is -0.181. The number of nitrogens with one attached hydrogen (secondary N) is 1. The Morgan fingerprint density at radius 3 is 2.56 bits per heavy atom. The molecule has 0 spiro atoms. The number of nitrogens with zero attached hydrogens (tertiary/aromatic N) is 2. The van der Waals surface area contributed by atoms with Gasteiger partial charge in [0.05, 0.1) is 17.2 Å². The molecule has 2 N–H and O–H groups in total. The van der Waals surface area contributed by atoms with E-state index in [0.29, 0.717) is 5.69 Å². The van der Waals surface area contributed by atoms with E-state index in [-0.39, 0.29) is 29.2 Å². The number of anilines is 1. The molecule has 0 aromatic heterocycles. The second kappa shape index (κ2) is 9.16. The van der Waals surface area contributed by atoms with Gasteiger partial charge in [-0.05, 0) is 43.7 Å². The molecule has 0 aliphatic carbocycles. The third-order valence-corrected chi connectivity index (χ3v) is 4.41. The lowest BCUT2D eigenvalue weighted by molar-refractivity contribution is -0.386. The molecule has 1 aliphatic rings. The van der Waals surface area contributed by atoms with Crippen molar-refractivity contribution in [3.05, 3.63) is 63.7 Å². The second-order valence-corrected chi connectivity index (χ2v) is 6.63. The van der Waals surface area contributed by atoms with Crippen molar-refractivity contribution in [2.45, 2.75) is 20.0 Å². The van der Waals surface area contributed by atoms with Gasteiger partial charge < -0.3 is 14.6 Å². The zero-order chi connectivity index (χ0) is 23.4. The molecule has 1 aliphatic heterocycles. The number of hydrazine groups is 1. The van der Waals surface area contributed by atoms with Crippen molar-refractivity contribution in [2.24, 2.45) is 0 Å². The van der Waals surface area contributed by atoms with Crippen LogP contribution in [0.15, 0.2) is 48.0 Å². The number of amides is 2. The third kappa shape index (κ3) is 4.51. The average molecular weight is 441 g/mol. The number of ether oxygens (including phenoxy) is 2. The molecule has 2 amide bonds. The molecular formula is C21H19N3O8. The topological polar surface area (TPSA) is 148 Å². The first-order valence-electron chi connectivity index (χ1n) is 9.49. The van der Waals surface area contributed by atoms with Gasteiger partial charge in [-0.2, -0.15) is 0 Å². The van der Waals surface area contributed by atoms with Crippen LogP contribution in [0.2, 0.25) is 0 Å². The minimum Gasteiger partial charge on any atom is -0.490 e. The Hall–Kier alpha value is -4.41. The maximum Gasteiger partial charge on any atom is 0.344 e. The summed E-state index contributed by atoms with van der Waals surface area (Å²) in [4.78, 5) is 47.2. The Balaban J connectivity index is 2.05. The third-order valence-electron chi connectivity index (χ3n) is 4.41. The van der Waals surface area contributed by atoms with Gasteiger partial charge in [0, 0.05) is 6.07 Å². The second-order valence-electron chi connectivity index (χ2n) is 6.63. The summed E-state index contributed by atoms with van der Waals surface area (Å²) >= 11 is 0. The number of hydrogen-bond acceptors (Lipinski definition) is 7. The first kappa shape index (κ1) is 22.3. The van der Waals surface area contributed by atoms with Crippen LogP contribution in [0.1, 0.15) is 19.4 Å². The Kier molecular flexibility index (Phi) is 6.38. The van der Waals surface area contributed by atoms with Gasteiger partial charge >= 0.3 is 11.7 Å². The zero-order valence-corrected chi connectivity index (χ0v) is 17.1. The van der Waals surface area contributed by atoms with E-state index in [0.717, 1.165) is 11.1 Å². The summed E-state index contributed by atoms with van der Waals surface area (Å²) in [6.45, 7) is 2.96. The van der Waals surface area contributed by atoms with Gasteiger partial charge in [0.1, 0.15) is 5.57 Å². The first-order valence-corrected chi connectivity index (χ1v) is 9.49. The standard InChI is InChI=1S/C21H19N3O8/c1-3-31-17-11-13(10-16(24(29)30)18(17)32-12(2)21(27)28)9-15-19(25)22-23(20(15)26)14-7-5-4-6-8-14/h4-12H,3H2,1-2H3,(H,22,25)(H,27,28)/b15-9-/t12-/m1/s1. The fourth-order valence-corrected chi connectivity index (χ4v) is 2.92. The van der Waals surface area contributed by atoms with Crippen LogP contribution >= 0.6 is 0 Å².